The summed E-state index contributed by atoms with van der Waals surface area (Å²) < 4.78 is 37.0. The van der Waals surface area contributed by atoms with Gasteiger partial charge in [0.15, 0.2) is 11.7 Å². The van der Waals surface area contributed by atoms with Crippen molar-refractivity contribution in [2.45, 2.75) is 20.3 Å². The number of hydrogen-bond donors (Lipinski definition) is 0. The fraction of sp³-hybridized carbons (Fsp3) is 0.556. The maximum Gasteiger partial charge on any atom is 0.160 e. The van der Waals surface area contributed by atoms with E-state index in [2.05, 4.69) is 6.58 Å². The molecule has 0 bridgehead atoms. The molecule has 0 aliphatic rings. The van der Waals surface area contributed by atoms with Gasteiger partial charge in [0.2, 0.25) is 0 Å². The Morgan fingerprint density at radius 2 is 1.83 bits per heavy atom. The van der Waals surface area contributed by atoms with Gasteiger partial charge in [0.1, 0.15) is 6.67 Å². The van der Waals surface area contributed by atoms with Crippen LogP contribution in [0.3, 0.4) is 0 Å². The average Bonchev–Trinajstić information content (AvgIpc) is 1.98. The molecule has 0 spiro atoms. The largest absolute Gasteiger partial charge is 0.246 e. The SMILES string of the molecule is C=C(F)/C(F)=C(/CF)CC(C)C. The molecule has 0 aromatic carbocycles. The molecular formula is C9H13F3. The molecule has 0 aromatic rings. The van der Waals surface area contributed by atoms with E-state index >= 15 is 0 Å². The van der Waals surface area contributed by atoms with Crippen molar-refractivity contribution in [1.29, 1.82) is 0 Å². The van der Waals surface area contributed by atoms with E-state index in [1.54, 1.807) is 0 Å². The van der Waals surface area contributed by atoms with Gasteiger partial charge in [-0.25, -0.2) is 13.2 Å². The minimum atomic E-state index is -1.19. The van der Waals surface area contributed by atoms with Crippen LogP contribution in [0.15, 0.2) is 23.8 Å². The third kappa shape index (κ3) is 3.60. The predicted molar refractivity (Wildman–Crippen MR) is 43.8 cm³/mol. The summed E-state index contributed by atoms with van der Waals surface area (Å²) in [5.74, 6) is -2.21. The van der Waals surface area contributed by atoms with E-state index in [-0.39, 0.29) is 17.9 Å². The van der Waals surface area contributed by atoms with Crippen molar-refractivity contribution in [1.82, 2.24) is 0 Å². The highest BCUT2D eigenvalue weighted by molar-refractivity contribution is 5.23. The molecule has 0 N–H and O–H groups in total. The molecule has 0 saturated carbocycles. The lowest BCUT2D eigenvalue weighted by atomic mass is 10.0. The van der Waals surface area contributed by atoms with Gasteiger partial charge in [0.25, 0.3) is 0 Å². The molecule has 0 unspecified atom stereocenters. The van der Waals surface area contributed by atoms with E-state index in [1.807, 2.05) is 13.8 Å². The molecule has 0 aromatic heterocycles. The standard InChI is InChI=1S/C9H13F3/c1-6(2)4-8(5-10)9(12)7(3)11/h6H,3-5H2,1-2H3/b9-8-. The zero-order valence-corrected chi connectivity index (χ0v) is 7.33. The lowest BCUT2D eigenvalue weighted by Gasteiger charge is -2.06. The Balaban J connectivity index is 4.50. The highest BCUT2D eigenvalue weighted by atomic mass is 19.2. The number of halogens is 3. The van der Waals surface area contributed by atoms with E-state index in [9.17, 15) is 13.2 Å². The third-order valence-electron chi connectivity index (χ3n) is 1.36. The molecule has 70 valence electrons. The van der Waals surface area contributed by atoms with Gasteiger partial charge in [-0.05, 0) is 17.9 Å². The van der Waals surface area contributed by atoms with Crippen LogP contribution in [-0.2, 0) is 0 Å². The van der Waals surface area contributed by atoms with Gasteiger partial charge >= 0.3 is 0 Å². The van der Waals surface area contributed by atoms with Crippen LogP contribution >= 0.6 is 0 Å². The summed E-state index contributed by atoms with van der Waals surface area (Å²) >= 11 is 0. The minimum Gasteiger partial charge on any atom is -0.246 e. The monoisotopic (exact) mass is 178 g/mol. The minimum absolute atomic E-state index is 0.112. The van der Waals surface area contributed by atoms with Gasteiger partial charge in [-0.2, -0.15) is 0 Å². The van der Waals surface area contributed by atoms with E-state index in [0.29, 0.717) is 0 Å². The van der Waals surface area contributed by atoms with Gasteiger partial charge in [-0.1, -0.05) is 20.4 Å². The smallest absolute Gasteiger partial charge is 0.160 e. The number of hydrogen-bond acceptors (Lipinski definition) is 0. The van der Waals surface area contributed by atoms with Gasteiger partial charge in [-0.15, -0.1) is 0 Å². The summed E-state index contributed by atoms with van der Waals surface area (Å²) in [6.07, 6.45) is 0.227. The lowest BCUT2D eigenvalue weighted by Crippen LogP contribution is -1.96. The molecule has 0 atom stereocenters. The summed E-state index contributed by atoms with van der Waals surface area (Å²) in [6, 6.07) is 0. The maximum atomic E-state index is 12.7. The molecule has 3 heteroatoms. The molecular weight excluding hydrogens is 165 g/mol. The van der Waals surface area contributed by atoms with Gasteiger partial charge < -0.3 is 0 Å². The van der Waals surface area contributed by atoms with Gasteiger partial charge in [0, 0.05) is 0 Å². The Labute approximate surface area is 70.8 Å². The molecule has 0 saturated heterocycles. The molecule has 0 rings (SSSR count). The van der Waals surface area contributed by atoms with Crippen LogP contribution in [0, 0.1) is 5.92 Å². The number of allylic oxidation sites excluding steroid dienone is 3. The van der Waals surface area contributed by atoms with Crippen molar-refractivity contribution in [2.75, 3.05) is 6.67 Å². The first kappa shape index (κ1) is 11.3. The van der Waals surface area contributed by atoms with E-state index in [1.165, 1.54) is 0 Å². The topological polar surface area (TPSA) is 0 Å². The zero-order valence-electron chi connectivity index (χ0n) is 7.33. The van der Waals surface area contributed by atoms with Crippen LogP contribution in [0.1, 0.15) is 20.3 Å². The van der Waals surface area contributed by atoms with Crippen LogP contribution in [0.4, 0.5) is 13.2 Å². The van der Waals surface area contributed by atoms with Crippen molar-refractivity contribution >= 4 is 0 Å². The fourth-order valence-electron chi connectivity index (χ4n) is 0.887. The Morgan fingerprint density at radius 1 is 1.33 bits per heavy atom. The second-order valence-electron chi connectivity index (χ2n) is 3.05. The first-order chi connectivity index (χ1) is 5.49. The first-order valence-electron chi connectivity index (χ1n) is 3.77. The zero-order chi connectivity index (χ0) is 9.72. The Morgan fingerprint density at radius 3 is 2.08 bits per heavy atom. The highest BCUT2D eigenvalue weighted by Gasteiger charge is 2.11. The van der Waals surface area contributed by atoms with Crippen LogP contribution in [0.25, 0.3) is 0 Å². The van der Waals surface area contributed by atoms with Crippen molar-refractivity contribution < 1.29 is 13.2 Å². The van der Waals surface area contributed by atoms with Crippen molar-refractivity contribution in [2.24, 2.45) is 5.92 Å². The van der Waals surface area contributed by atoms with Crippen molar-refractivity contribution in [3.8, 4) is 0 Å². The Bertz CT molecular complexity index is 192. The summed E-state index contributed by atoms with van der Waals surface area (Å²) in [5.41, 5.74) is -0.141. The normalized spacial score (nSPS) is 13.2. The molecule has 0 heterocycles. The lowest BCUT2D eigenvalue weighted by molar-refractivity contribution is 0.468. The third-order valence-corrected chi connectivity index (χ3v) is 1.36. The van der Waals surface area contributed by atoms with Crippen LogP contribution in [0.2, 0.25) is 0 Å². The molecule has 0 aliphatic carbocycles. The van der Waals surface area contributed by atoms with Crippen LogP contribution in [-0.4, -0.2) is 6.67 Å². The van der Waals surface area contributed by atoms with Crippen LogP contribution in [0.5, 0.6) is 0 Å². The molecule has 0 fully saturated rings. The second kappa shape index (κ2) is 5.01. The summed E-state index contributed by atoms with van der Waals surface area (Å²) in [5, 5.41) is 0. The van der Waals surface area contributed by atoms with Crippen molar-refractivity contribution in [3.05, 3.63) is 23.8 Å². The second-order valence-corrected chi connectivity index (χ2v) is 3.05. The predicted octanol–water partition coefficient (Wildman–Crippen LogP) is 3.71. The molecule has 0 nitrogen and oxygen atoms in total. The Hall–Kier alpha value is -0.730. The fourth-order valence-corrected chi connectivity index (χ4v) is 0.887. The molecule has 0 amide bonds. The summed E-state index contributed by atoms with van der Waals surface area (Å²) in [4.78, 5) is 0. The van der Waals surface area contributed by atoms with E-state index in [0.717, 1.165) is 0 Å². The number of rotatable bonds is 4. The van der Waals surface area contributed by atoms with E-state index < -0.39 is 18.3 Å². The van der Waals surface area contributed by atoms with Crippen LogP contribution < -0.4 is 0 Å². The van der Waals surface area contributed by atoms with Gasteiger partial charge in [-0.3, -0.25) is 0 Å². The molecule has 12 heavy (non-hydrogen) atoms. The summed E-state index contributed by atoms with van der Waals surface area (Å²) in [6.45, 7) is 5.43. The van der Waals surface area contributed by atoms with Crippen molar-refractivity contribution in [3.63, 3.8) is 0 Å². The summed E-state index contributed by atoms with van der Waals surface area (Å²) in [7, 11) is 0. The highest BCUT2D eigenvalue weighted by Crippen LogP contribution is 2.22. The Kier molecular flexibility index (Phi) is 4.71. The van der Waals surface area contributed by atoms with E-state index in [4.69, 9.17) is 0 Å². The quantitative estimate of drug-likeness (QED) is 0.575. The average molecular weight is 178 g/mol. The first-order valence-corrected chi connectivity index (χ1v) is 3.77. The van der Waals surface area contributed by atoms with Gasteiger partial charge in [0.05, 0.1) is 0 Å². The molecule has 0 radical (unpaired) electrons. The maximum absolute atomic E-state index is 12.7. The number of alkyl halides is 1. The molecule has 0 aliphatic heterocycles.